The zero-order chi connectivity index (χ0) is 30.2. The third kappa shape index (κ3) is 9.77. The fourth-order valence-corrected chi connectivity index (χ4v) is 5.39. The standard InChI is InChI=1S/C29H41F2N5O4S/c1-20-13-23(20)17-35(18-26(30)31)27-15-22(16-28(34-27)36(11-12-39-2)41(4,5)38)29(37)33-25(24(32)19-40-3)14-21-9-7-6-8-10-21/h6-10,15-16,24-26H,4,11-14,17-19,32H2,1-3,5H3,(H,33,37)/t24?,25-,41?/m0/s1. The lowest BCUT2D eigenvalue weighted by Gasteiger charge is -2.29. The van der Waals surface area contributed by atoms with Crippen LogP contribution in [0.4, 0.5) is 20.4 Å². The summed E-state index contributed by atoms with van der Waals surface area (Å²) in [4.78, 5) is 19.8. The van der Waals surface area contributed by atoms with Gasteiger partial charge in [-0.1, -0.05) is 35.9 Å². The van der Waals surface area contributed by atoms with E-state index in [0.29, 0.717) is 6.42 Å². The maximum Gasteiger partial charge on any atom is 0.255 e. The third-order valence-electron chi connectivity index (χ3n) is 6.79. The monoisotopic (exact) mass is 593 g/mol. The Balaban J connectivity index is 2.04. The van der Waals surface area contributed by atoms with Gasteiger partial charge in [-0.2, -0.15) is 0 Å². The number of aromatic nitrogens is 1. The molecule has 0 fully saturated rings. The van der Waals surface area contributed by atoms with Crippen molar-refractivity contribution in [3.8, 4) is 0 Å². The van der Waals surface area contributed by atoms with Gasteiger partial charge in [0.2, 0.25) is 0 Å². The van der Waals surface area contributed by atoms with Crippen LogP contribution in [-0.4, -0.2) is 92.8 Å². The maximum atomic E-state index is 13.7. The molecule has 0 spiro atoms. The predicted molar refractivity (Wildman–Crippen MR) is 161 cm³/mol. The van der Waals surface area contributed by atoms with Gasteiger partial charge in [-0.15, -0.1) is 0 Å². The van der Waals surface area contributed by atoms with E-state index in [1.807, 2.05) is 37.3 Å². The van der Waals surface area contributed by atoms with Gasteiger partial charge in [0.05, 0.1) is 32.3 Å². The van der Waals surface area contributed by atoms with E-state index < -0.39 is 40.7 Å². The van der Waals surface area contributed by atoms with Gasteiger partial charge in [-0.25, -0.2) is 18.0 Å². The molecule has 1 aromatic carbocycles. The van der Waals surface area contributed by atoms with Crippen LogP contribution in [0.1, 0.15) is 29.3 Å². The van der Waals surface area contributed by atoms with Crippen LogP contribution < -0.4 is 20.3 Å². The predicted octanol–water partition coefficient (Wildman–Crippen LogP) is 2.90. The fraction of sp³-hybridized carbons (Fsp3) is 0.483. The number of carbonyl (C=O) groups is 1. The van der Waals surface area contributed by atoms with Crippen molar-refractivity contribution >= 4 is 33.1 Å². The van der Waals surface area contributed by atoms with Gasteiger partial charge < -0.3 is 25.4 Å². The van der Waals surface area contributed by atoms with Crippen LogP contribution in [0.5, 0.6) is 0 Å². The third-order valence-corrected chi connectivity index (χ3v) is 8.09. The number of amides is 1. The maximum absolute atomic E-state index is 13.7. The first-order valence-corrected chi connectivity index (χ1v) is 15.4. The molecule has 0 saturated heterocycles. The molecule has 2 unspecified atom stereocenters. The Bertz CT molecular complexity index is 1310. The number of ether oxygens (including phenoxy) is 2. The number of halogens is 2. The minimum atomic E-state index is -2.86. The van der Waals surface area contributed by atoms with Crippen molar-refractivity contribution in [3.63, 3.8) is 0 Å². The van der Waals surface area contributed by atoms with Crippen LogP contribution >= 0.6 is 0 Å². The first-order chi connectivity index (χ1) is 19.4. The molecule has 2 aromatic rings. The Morgan fingerprint density at radius 2 is 1.85 bits per heavy atom. The summed E-state index contributed by atoms with van der Waals surface area (Å²) in [6.07, 6.45) is 0.0418. The molecule has 3 N–H and O–H groups in total. The number of nitrogens with two attached hydrogens (primary N) is 1. The second-order valence-corrected chi connectivity index (χ2v) is 12.7. The largest absolute Gasteiger partial charge is 0.383 e. The lowest BCUT2D eigenvalue weighted by molar-refractivity contribution is 0.0913. The van der Waals surface area contributed by atoms with Gasteiger partial charge in [-0.3, -0.25) is 9.10 Å². The van der Waals surface area contributed by atoms with Gasteiger partial charge >= 0.3 is 0 Å². The fourth-order valence-electron chi connectivity index (χ4n) is 4.44. The highest BCUT2D eigenvalue weighted by atomic mass is 32.2. The highest BCUT2D eigenvalue weighted by Gasteiger charge is 2.27. The van der Waals surface area contributed by atoms with Crippen LogP contribution in [0, 0.1) is 0 Å². The average Bonchev–Trinajstić information content (AvgIpc) is 3.61. The van der Waals surface area contributed by atoms with Gasteiger partial charge in [0.1, 0.15) is 11.6 Å². The van der Waals surface area contributed by atoms with Crippen molar-refractivity contribution in [1.82, 2.24) is 10.3 Å². The first-order valence-electron chi connectivity index (χ1n) is 13.3. The van der Waals surface area contributed by atoms with E-state index in [1.54, 1.807) is 0 Å². The van der Waals surface area contributed by atoms with Crippen LogP contribution in [0.15, 0.2) is 53.6 Å². The number of allylic oxidation sites excluding steroid dienone is 1. The summed E-state index contributed by atoms with van der Waals surface area (Å²) in [5.74, 6) is 3.67. The van der Waals surface area contributed by atoms with Crippen molar-refractivity contribution in [2.45, 2.75) is 38.3 Å². The number of carbonyl (C=O) groups excluding carboxylic acids is 1. The molecule has 0 bridgehead atoms. The van der Waals surface area contributed by atoms with Crippen LogP contribution in [-0.2, 0) is 25.6 Å². The summed E-state index contributed by atoms with van der Waals surface area (Å²) >= 11 is 0. The summed E-state index contributed by atoms with van der Waals surface area (Å²) in [5.41, 5.74) is 9.72. The van der Waals surface area contributed by atoms with Gasteiger partial charge in [0, 0.05) is 48.3 Å². The summed E-state index contributed by atoms with van der Waals surface area (Å²) in [6, 6.07) is 11.6. The first kappa shape index (κ1) is 32.5. The lowest BCUT2D eigenvalue weighted by atomic mass is 9.99. The molecule has 1 amide bonds. The quantitative estimate of drug-likeness (QED) is 0.214. The van der Waals surface area contributed by atoms with E-state index in [9.17, 15) is 17.8 Å². The molecule has 41 heavy (non-hydrogen) atoms. The van der Waals surface area contributed by atoms with E-state index in [1.165, 1.54) is 41.8 Å². The summed E-state index contributed by atoms with van der Waals surface area (Å²) in [7, 11) is 0.187. The molecule has 3 rings (SSSR count). The molecule has 0 aliphatic heterocycles. The molecule has 1 aromatic heterocycles. The van der Waals surface area contributed by atoms with Crippen LogP contribution in [0.3, 0.4) is 0 Å². The smallest absolute Gasteiger partial charge is 0.255 e. The molecule has 3 atom stereocenters. The van der Waals surface area contributed by atoms with Crippen molar-refractivity contribution in [2.24, 2.45) is 5.73 Å². The number of hydrogen-bond acceptors (Lipinski definition) is 7. The number of nitrogens with one attached hydrogen (secondary N) is 1. The molecule has 1 heterocycles. The zero-order valence-electron chi connectivity index (χ0n) is 24.1. The van der Waals surface area contributed by atoms with Crippen LogP contribution in [0.25, 0.3) is 0 Å². The number of hydrogen-bond donors (Lipinski definition) is 2. The van der Waals surface area contributed by atoms with E-state index in [0.717, 1.165) is 23.1 Å². The normalized spacial score (nSPS) is 15.8. The molecular weight excluding hydrogens is 552 g/mol. The van der Waals surface area contributed by atoms with E-state index in [2.05, 4.69) is 16.2 Å². The minimum absolute atomic E-state index is 0.166. The number of alkyl halides is 2. The van der Waals surface area contributed by atoms with Gasteiger partial charge in [-0.05, 0) is 48.9 Å². The van der Waals surface area contributed by atoms with Crippen molar-refractivity contribution in [2.75, 3.05) is 62.5 Å². The molecular formula is C29H41F2N5O4S. The topological polar surface area (TPSA) is 110 Å². The SMILES string of the molecule is C=S(C)(=O)N(CCOC)c1cc(C(=O)N[C@@H](Cc2ccccc2)C(N)COC)cc(N(CC2=C(C)C2)CC(F)F)n1. The second-order valence-electron chi connectivity index (χ2n) is 10.3. The number of methoxy groups -OCH3 is 2. The Kier molecular flexibility index (Phi) is 11.6. The molecule has 12 heteroatoms. The van der Waals surface area contributed by atoms with E-state index in [-0.39, 0.29) is 43.5 Å². The number of nitrogens with zero attached hydrogens (tertiary/aromatic N) is 3. The number of anilines is 2. The van der Waals surface area contributed by atoms with Crippen molar-refractivity contribution < 1.29 is 27.3 Å². The second kappa shape index (κ2) is 14.7. The molecule has 0 radical (unpaired) electrons. The van der Waals surface area contributed by atoms with Crippen molar-refractivity contribution in [3.05, 3.63) is 64.7 Å². The summed E-state index contributed by atoms with van der Waals surface area (Å²) in [5, 5.41) is 3.00. The minimum Gasteiger partial charge on any atom is -0.383 e. The van der Waals surface area contributed by atoms with Crippen LogP contribution in [0.2, 0.25) is 0 Å². The lowest BCUT2D eigenvalue weighted by Crippen LogP contribution is -2.51. The molecule has 1 aliphatic rings. The Morgan fingerprint density at radius 1 is 1.20 bits per heavy atom. The Morgan fingerprint density at radius 3 is 2.41 bits per heavy atom. The van der Waals surface area contributed by atoms with E-state index in [4.69, 9.17) is 15.2 Å². The Labute approximate surface area is 241 Å². The zero-order valence-corrected chi connectivity index (χ0v) is 25.0. The molecule has 0 saturated carbocycles. The number of benzene rings is 1. The average molecular weight is 594 g/mol. The highest BCUT2D eigenvalue weighted by molar-refractivity contribution is 8.00. The molecule has 226 valence electrons. The number of pyridine rings is 1. The number of rotatable bonds is 17. The molecule has 1 aliphatic carbocycles. The summed E-state index contributed by atoms with van der Waals surface area (Å²) < 4.78 is 52.4. The van der Waals surface area contributed by atoms with E-state index >= 15 is 0 Å². The Hall–Kier alpha value is -3.06. The van der Waals surface area contributed by atoms with Gasteiger partial charge in [0.25, 0.3) is 12.3 Å². The van der Waals surface area contributed by atoms with Gasteiger partial charge in [0.15, 0.2) is 0 Å². The highest BCUT2D eigenvalue weighted by Crippen LogP contribution is 2.33. The summed E-state index contributed by atoms with van der Waals surface area (Å²) in [6.45, 7) is 2.23. The van der Waals surface area contributed by atoms with Crippen molar-refractivity contribution in [1.29, 1.82) is 0 Å². The molecule has 9 nitrogen and oxygen atoms in total.